The fourth-order valence-corrected chi connectivity index (χ4v) is 5.24. The van der Waals surface area contributed by atoms with Crippen molar-refractivity contribution in [1.29, 1.82) is 0 Å². The van der Waals surface area contributed by atoms with E-state index < -0.39 is 11.5 Å². The number of nitrogens with zero attached hydrogens (tertiary/aromatic N) is 3. The summed E-state index contributed by atoms with van der Waals surface area (Å²) in [5, 5.41) is 2.82. The van der Waals surface area contributed by atoms with Crippen molar-refractivity contribution < 1.29 is 14.4 Å². The van der Waals surface area contributed by atoms with Gasteiger partial charge in [-0.15, -0.1) is 11.3 Å². The first-order chi connectivity index (χ1) is 17.2. The topological polar surface area (TPSA) is 113 Å². The van der Waals surface area contributed by atoms with Crippen molar-refractivity contribution in [2.75, 3.05) is 6.54 Å². The normalized spacial score (nSPS) is 16.0. The first-order valence-corrected chi connectivity index (χ1v) is 12.7. The summed E-state index contributed by atoms with van der Waals surface area (Å²) >= 11 is 1.51. The van der Waals surface area contributed by atoms with Crippen LogP contribution in [0.5, 0.6) is 0 Å². The Morgan fingerprint density at radius 3 is 2.61 bits per heavy atom. The molecule has 188 valence electrons. The number of carbonyl (C=O) groups is 3. The molecule has 0 bridgehead atoms. The zero-order valence-electron chi connectivity index (χ0n) is 20.5. The molecular weight excluding hydrogens is 478 g/mol. The third-order valence-electron chi connectivity index (χ3n) is 6.31. The molecule has 1 aromatic carbocycles. The molecule has 2 atom stereocenters. The van der Waals surface area contributed by atoms with Gasteiger partial charge in [-0.1, -0.05) is 37.3 Å². The van der Waals surface area contributed by atoms with Gasteiger partial charge in [0, 0.05) is 42.2 Å². The number of pyridine rings is 1. The molecule has 36 heavy (non-hydrogen) atoms. The Morgan fingerprint density at radius 1 is 1.17 bits per heavy atom. The maximum Gasteiger partial charge on any atom is 0.286 e. The minimum absolute atomic E-state index is 0.0253. The lowest BCUT2D eigenvalue weighted by atomic mass is 10.0. The summed E-state index contributed by atoms with van der Waals surface area (Å²) in [4.78, 5) is 57.6. The zero-order chi connectivity index (χ0) is 25.8. The van der Waals surface area contributed by atoms with Crippen LogP contribution in [0, 0.1) is 12.8 Å². The van der Waals surface area contributed by atoms with Crippen LogP contribution in [0.25, 0.3) is 0 Å². The fraction of sp³-hybridized carbons (Fsp3) is 0.346. The molecule has 0 unspecified atom stereocenters. The molecular formula is C26H29N5O4S. The van der Waals surface area contributed by atoms with Gasteiger partial charge in [0.1, 0.15) is 10.7 Å². The number of carbonyl (C=O) groups excluding carboxylic acids is 3. The van der Waals surface area contributed by atoms with Crippen molar-refractivity contribution in [2.45, 2.75) is 39.2 Å². The van der Waals surface area contributed by atoms with E-state index >= 15 is 0 Å². The summed E-state index contributed by atoms with van der Waals surface area (Å²) in [6.45, 7) is 4.22. The van der Waals surface area contributed by atoms with Gasteiger partial charge in [-0.2, -0.15) is 0 Å². The lowest BCUT2D eigenvalue weighted by Gasteiger charge is -2.23. The molecule has 1 saturated heterocycles. The number of aromatic nitrogens is 2. The van der Waals surface area contributed by atoms with Crippen LogP contribution < -0.4 is 16.4 Å². The molecule has 1 aliphatic heterocycles. The summed E-state index contributed by atoms with van der Waals surface area (Å²) < 4.78 is 1.15. The predicted molar refractivity (Wildman–Crippen MR) is 136 cm³/mol. The summed E-state index contributed by atoms with van der Waals surface area (Å²) in [6.07, 6.45) is 2.14. The minimum atomic E-state index is -0.682. The molecule has 3 amide bonds. The Labute approximate surface area is 213 Å². The molecule has 9 nitrogen and oxygen atoms in total. The number of hydrogen-bond acceptors (Lipinski definition) is 6. The van der Waals surface area contributed by atoms with E-state index in [9.17, 15) is 19.2 Å². The third kappa shape index (κ3) is 5.54. The van der Waals surface area contributed by atoms with E-state index in [1.54, 1.807) is 11.8 Å². The molecule has 2 N–H and O–H groups in total. The Bertz CT molecular complexity index is 1330. The number of rotatable bonds is 6. The van der Waals surface area contributed by atoms with Crippen LogP contribution in [0.3, 0.4) is 0 Å². The summed E-state index contributed by atoms with van der Waals surface area (Å²) in [5.74, 6) is -1.75. The Kier molecular flexibility index (Phi) is 7.64. The Morgan fingerprint density at radius 2 is 1.92 bits per heavy atom. The maximum atomic E-state index is 13.4. The number of aryl methyl sites for hydroxylation is 1. The van der Waals surface area contributed by atoms with Gasteiger partial charge in [-0.05, 0) is 37.8 Å². The monoisotopic (exact) mass is 507 g/mol. The van der Waals surface area contributed by atoms with Gasteiger partial charge in [0.25, 0.3) is 17.4 Å². The molecule has 0 spiro atoms. The zero-order valence-corrected chi connectivity index (χ0v) is 21.3. The highest BCUT2D eigenvalue weighted by Crippen LogP contribution is 2.34. The first-order valence-electron chi connectivity index (χ1n) is 11.8. The van der Waals surface area contributed by atoms with Gasteiger partial charge in [0.05, 0.1) is 6.04 Å². The number of hydrogen-bond donors (Lipinski definition) is 2. The van der Waals surface area contributed by atoms with Crippen molar-refractivity contribution in [2.24, 2.45) is 13.0 Å². The summed E-state index contributed by atoms with van der Waals surface area (Å²) in [6, 6.07) is 12.0. The Balaban J connectivity index is 1.46. The van der Waals surface area contributed by atoms with Gasteiger partial charge in [0.2, 0.25) is 5.91 Å². The van der Waals surface area contributed by atoms with E-state index in [0.717, 1.165) is 33.7 Å². The molecule has 0 radical (unpaired) electrons. The lowest BCUT2D eigenvalue weighted by molar-refractivity contribution is -0.125. The van der Waals surface area contributed by atoms with Crippen molar-refractivity contribution >= 4 is 29.1 Å². The van der Waals surface area contributed by atoms with Gasteiger partial charge in [-0.25, -0.2) is 4.98 Å². The smallest absolute Gasteiger partial charge is 0.286 e. The SMILES string of the molecule is Cc1csc([C@H]2CCCN2C(=O)c2cc(C(=O)NNC(=O)[C@@H](C)Cc3ccccc3)n(C)c(=O)c2)n1. The fourth-order valence-electron chi connectivity index (χ4n) is 4.30. The molecule has 3 aromatic rings. The van der Waals surface area contributed by atoms with Crippen molar-refractivity contribution in [3.8, 4) is 0 Å². The third-order valence-corrected chi connectivity index (χ3v) is 7.37. The van der Waals surface area contributed by atoms with Crippen LogP contribution in [-0.4, -0.2) is 38.7 Å². The van der Waals surface area contributed by atoms with E-state index in [-0.39, 0.29) is 35.0 Å². The largest absolute Gasteiger partial charge is 0.329 e. The van der Waals surface area contributed by atoms with E-state index in [1.807, 2.05) is 42.6 Å². The number of benzene rings is 1. The standard InChI is InChI=1S/C26H29N5O4S/c1-16(12-18-8-5-4-6-9-18)23(33)28-29-24(34)21-13-19(14-22(32)30(21)3)26(35)31-11-7-10-20(31)25-27-17(2)15-36-25/h4-6,8-9,13-16,20H,7,10-12H2,1-3H3,(H,28,33)(H,29,34)/t16-,20+/m0/s1. The van der Waals surface area contributed by atoms with Gasteiger partial charge in [0.15, 0.2) is 0 Å². The molecule has 1 fully saturated rings. The van der Waals surface area contributed by atoms with Crippen LogP contribution in [0.4, 0.5) is 0 Å². The average molecular weight is 508 g/mol. The molecule has 0 saturated carbocycles. The summed E-state index contributed by atoms with van der Waals surface area (Å²) in [7, 11) is 1.45. The molecule has 4 rings (SSSR count). The highest BCUT2D eigenvalue weighted by molar-refractivity contribution is 7.09. The van der Waals surface area contributed by atoms with E-state index in [4.69, 9.17) is 0 Å². The van der Waals surface area contributed by atoms with Gasteiger partial charge < -0.3 is 9.47 Å². The highest BCUT2D eigenvalue weighted by atomic mass is 32.1. The van der Waals surface area contributed by atoms with Crippen molar-refractivity contribution in [3.63, 3.8) is 0 Å². The summed E-state index contributed by atoms with van der Waals surface area (Å²) in [5.41, 5.74) is 6.33. The second-order valence-corrected chi connectivity index (χ2v) is 9.93. The molecule has 1 aliphatic rings. The second kappa shape index (κ2) is 10.9. The average Bonchev–Trinajstić information content (AvgIpc) is 3.53. The number of hydrazine groups is 1. The molecule has 2 aromatic heterocycles. The molecule has 10 heteroatoms. The van der Waals surface area contributed by atoms with Crippen LogP contribution in [0.2, 0.25) is 0 Å². The van der Waals surface area contributed by atoms with Crippen molar-refractivity contribution in [3.05, 3.63) is 85.7 Å². The number of likely N-dealkylation sites (tertiary alicyclic amines) is 1. The molecule has 0 aliphatic carbocycles. The van der Waals surface area contributed by atoms with Crippen LogP contribution in [-0.2, 0) is 18.3 Å². The lowest BCUT2D eigenvalue weighted by Crippen LogP contribution is -2.46. The van der Waals surface area contributed by atoms with Crippen LogP contribution in [0.15, 0.2) is 52.6 Å². The van der Waals surface area contributed by atoms with Gasteiger partial charge in [-0.3, -0.25) is 30.0 Å². The molecule has 3 heterocycles. The number of thiazole rings is 1. The van der Waals surface area contributed by atoms with E-state index in [0.29, 0.717) is 13.0 Å². The van der Waals surface area contributed by atoms with E-state index in [2.05, 4.69) is 15.8 Å². The first kappa shape index (κ1) is 25.3. The second-order valence-electron chi connectivity index (χ2n) is 9.04. The number of nitrogens with one attached hydrogen (secondary N) is 2. The maximum absolute atomic E-state index is 13.4. The quantitative estimate of drug-likeness (QED) is 0.498. The van der Waals surface area contributed by atoms with Gasteiger partial charge >= 0.3 is 0 Å². The number of amides is 3. The van der Waals surface area contributed by atoms with Crippen LogP contribution >= 0.6 is 11.3 Å². The van der Waals surface area contributed by atoms with Crippen LogP contribution in [0.1, 0.15) is 62.9 Å². The van der Waals surface area contributed by atoms with Crippen molar-refractivity contribution in [1.82, 2.24) is 25.3 Å². The highest BCUT2D eigenvalue weighted by Gasteiger charge is 2.33. The predicted octanol–water partition coefficient (Wildman–Crippen LogP) is 2.77. The minimum Gasteiger partial charge on any atom is -0.329 e. The Hall–Kier alpha value is -3.79. The van der Waals surface area contributed by atoms with E-state index in [1.165, 1.54) is 30.5 Å².